The molecule has 4 rings (SSSR count). The van der Waals surface area contributed by atoms with E-state index in [0.717, 1.165) is 18.4 Å². The SMILES string of the molecule is CCCCn1c(=O)nc(N=C(N)CCc2nc(Cc3ccccc3)no2)c2[nH]cnc21.[HH]. The molecule has 10 heteroatoms. The number of aryl methyl sites for hydroxylation is 2. The summed E-state index contributed by atoms with van der Waals surface area (Å²) in [5.41, 5.74) is 7.93. The van der Waals surface area contributed by atoms with Crippen molar-refractivity contribution in [2.75, 3.05) is 0 Å². The molecule has 0 radical (unpaired) electrons. The summed E-state index contributed by atoms with van der Waals surface area (Å²) >= 11 is 0. The highest BCUT2D eigenvalue weighted by atomic mass is 16.5. The van der Waals surface area contributed by atoms with E-state index >= 15 is 0 Å². The van der Waals surface area contributed by atoms with Gasteiger partial charge in [-0.15, -0.1) is 0 Å². The number of aromatic nitrogens is 6. The van der Waals surface area contributed by atoms with Crippen LogP contribution in [-0.4, -0.2) is 35.5 Å². The average molecular weight is 422 g/mol. The number of nitrogens with zero attached hydrogens (tertiary/aromatic N) is 6. The largest absolute Gasteiger partial charge is 0.387 e. The summed E-state index contributed by atoms with van der Waals surface area (Å²) in [5.74, 6) is 1.65. The van der Waals surface area contributed by atoms with Crippen molar-refractivity contribution < 1.29 is 5.95 Å². The Bertz CT molecular complexity index is 1250. The number of hydrogen-bond donors (Lipinski definition) is 2. The van der Waals surface area contributed by atoms with Crippen LogP contribution in [-0.2, 0) is 19.4 Å². The third-order valence-electron chi connectivity index (χ3n) is 4.83. The molecule has 10 nitrogen and oxygen atoms in total. The van der Waals surface area contributed by atoms with Gasteiger partial charge in [0.2, 0.25) is 5.89 Å². The minimum absolute atomic E-state index is 0. The van der Waals surface area contributed by atoms with Crippen LogP contribution in [0.25, 0.3) is 11.2 Å². The van der Waals surface area contributed by atoms with Gasteiger partial charge in [-0.1, -0.05) is 48.8 Å². The molecule has 162 valence electrons. The van der Waals surface area contributed by atoms with Crippen LogP contribution in [0.3, 0.4) is 0 Å². The molecule has 0 aliphatic rings. The Kier molecular flexibility index (Phi) is 6.16. The second kappa shape index (κ2) is 9.33. The van der Waals surface area contributed by atoms with Crippen molar-refractivity contribution in [3.63, 3.8) is 0 Å². The molecule has 0 saturated heterocycles. The molecular weight excluding hydrogens is 396 g/mol. The molecule has 31 heavy (non-hydrogen) atoms. The number of hydrogen-bond acceptors (Lipinski definition) is 7. The van der Waals surface area contributed by atoms with Gasteiger partial charge in [-0.3, -0.25) is 4.57 Å². The minimum Gasteiger partial charge on any atom is -0.387 e. The number of aromatic amines is 1. The van der Waals surface area contributed by atoms with E-state index in [-0.39, 0.29) is 12.9 Å². The molecule has 0 aliphatic heterocycles. The summed E-state index contributed by atoms with van der Waals surface area (Å²) < 4.78 is 6.86. The number of unbranched alkanes of at least 4 members (excludes halogenated alkanes) is 1. The normalized spacial score (nSPS) is 12.0. The predicted molar refractivity (Wildman–Crippen MR) is 118 cm³/mol. The smallest absolute Gasteiger partial charge is 0.351 e. The fourth-order valence-electron chi connectivity index (χ4n) is 3.22. The van der Waals surface area contributed by atoms with Gasteiger partial charge in [0.1, 0.15) is 11.4 Å². The van der Waals surface area contributed by atoms with Crippen molar-refractivity contribution in [3.05, 3.63) is 64.4 Å². The van der Waals surface area contributed by atoms with Crippen molar-refractivity contribution in [1.82, 2.24) is 29.7 Å². The number of imidazole rings is 1. The molecule has 4 aromatic rings. The minimum atomic E-state index is -0.387. The third-order valence-corrected chi connectivity index (χ3v) is 4.83. The van der Waals surface area contributed by atoms with Gasteiger partial charge in [-0.05, 0) is 12.0 Å². The van der Waals surface area contributed by atoms with E-state index in [4.69, 9.17) is 10.3 Å². The lowest BCUT2D eigenvalue weighted by Crippen LogP contribution is -2.24. The topological polar surface area (TPSA) is 141 Å². The van der Waals surface area contributed by atoms with Crippen LogP contribution in [0.2, 0.25) is 0 Å². The molecule has 0 spiro atoms. The van der Waals surface area contributed by atoms with Crippen molar-refractivity contribution in [2.24, 2.45) is 10.7 Å². The van der Waals surface area contributed by atoms with E-state index in [0.29, 0.717) is 54.5 Å². The molecule has 0 amide bonds. The average Bonchev–Trinajstić information content (AvgIpc) is 3.43. The van der Waals surface area contributed by atoms with Crippen LogP contribution in [0.4, 0.5) is 5.82 Å². The van der Waals surface area contributed by atoms with E-state index in [1.165, 1.54) is 6.33 Å². The number of benzene rings is 1. The van der Waals surface area contributed by atoms with Gasteiger partial charge in [-0.25, -0.2) is 14.8 Å². The maximum atomic E-state index is 12.4. The van der Waals surface area contributed by atoms with E-state index in [1.54, 1.807) is 4.57 Å². The second-order valence-electron chi connectivity index (χ2n) is 7.19. The Hall–Kier alpha value is -3.82. The molecular formula is C21H26N8O2. The van der Waals surface area contributed by atoms with E-state index in [9.17, 15) is 4.79 Å². The van der Waals surface area contributed by atoms with Crippen molar-refractivity contribution in [3.8, 4) is 0 Å². The molecule has 0 atom stereocenters. The standard InChI is InChI=1S/C21H24N8O2.H2/c1-2-3-11-29-20-18(23-13-24-20)19(27-21(29)30)25-15(22)9-10-17-26-16(28-31-17)12-14-7-5-4-6-8-14;/h4-8,13H,2-3,9-12H2,1H3,(H,23,24)(H2,22,25,27,30);1H. The fourth-order valence-corrected chi connectivity index (χ4v) is 3.22. The van der Waals surface area contributed by atoms with Crippen molar-refractivity contribution >= 4 is 22.8 Å². The molecule has 0 unspecified atom stereocenters. The quantitative estimate of drug-likeness (QED) is 0.312. The summed E-state index contributed by atoms with van der Waals surface area (Å²) in [6, 6.07) is 9.94. The first-order valence-corrected chi connectivity index (χ1v) is 10.3. The summed E-state index contributed by atoms with van der Waals surface area (Å²) in [6.45, 7) is 2.62. The van der Waals surface area contributed by atoms with Gasteiger partial charge in [0.25, 0.3) is 0 Å². The Morgan fingerprint density at radius 2 is 2.13 bits per heavy atom. The zero-order chi connectivity index (χ0) is 21.6. The van der Waals surface area contributed by atoms with Crippen molar-refractivity contribution in [1.29, 1.82) is 0 Å². The van der Waals surface area contributed by atoms with Crippen LogP contribution < -0.4 is 11.4 Å². The number of fused-ring (bicyclic) bond motifs is 1. The number of nitrogens with two attached hydrogens (primary N) is 1. The highest BCUT2D eigenvalue weighted by Gasteiger charge is 2.13. The molecule has 0 bridgehead atoms. The number of nitrogens with one attached hydrogen (secondary N) is 1. The van der Waals surface area contributed by atoms with Crippen LogP contribution in [0.15, 0.2) is 51.0 Å². The van der Waals surface area contributed by atoms with E-state index in [2.05, 4.69) is 37.0 Å². The zero-order valence-corrected chi connectivity index (χ0v) is 17.3. The van der Waals surface area contributed by atoms with E-state index in [1.807, 2.05) is 30.3 Å². The predicted octanol–water partition coefficient (Wildman–Crippen LogP) is 2.76. The first-order valence-electron chi connectivity index (χ1n) is 10.3. The lowest BCUT2D eigenvalue weighted by molar-refractivity contribution is 0.375. The second-order valence-corrected chi connectivity index (χ2v) is 7.19. The third kappa shape index (κ3) is 4.85. The highest BCUT2D eigenvalue weighted by Crippen LogP contribution is 2.19. The molecule has 3 N–H and O–H groups in total. The first kappa shape index (κ1) is 20.5. The summed E-state index contributed by atoms with van der Waals surface area (Å²) in [4.78, 5) is 32.5. The van der Waals surface area contributed by atoms with Gasteiger partial charge in [0, 0.05) is 27.2 Å². The summed E-state index contributed by atoms with van der Waals surface area (Å²) in [6.07, 6.45) is 4.79. The van der Waals surface area contributed by atoms with Gasteiger partial charge in [0.05, 0.1) is 6.33 Å². The molecule has 0 aliphatic carbocycles. The molecule has 3 heterocycles. The van der Waals surface area contributed by atoms with Gasteiger partial charge in [-0.2, -0.15) is 9.97 Å². The lowest BCUT2D eigenvalue weighted by Gasteiger charge is -2.06. The summed E-state index contributed by atoms with van der Waals surface area (Å²) in [7, 11) is 0. The monoisotopic (exact) mass is 422 g/mol. The number of rotatable bonds is 9. The van der Waals surface area contributed by atoms with Gasteiger partial charge < -0.3 is 15.2 Å². The number of amidine groups is 1. The Labute approximate surface area is 179 Å². The molecule has 0 saturated carbocycles. The van der Waals surface area contributed by atoms with Gasteiger partial charge >= 0.3 is 5.69 Å². The highest BCUT2D eigenvalue weighted by molar-refractivity contribution is 5.88. The van der Waals surface area contributed by atoms with Crippen LogP contribution >= 0.6 is 0 Å². The summed E-state index contributed by atoms with van der Waals surface area (Å²) in [5, 5.41) is 4.02. The maximum absolute atomic E-state index is 12.4. The van der Waals surface area contributed by atoms with Crippen LogP contribution in [0.1, 0.15) is 44.9 Å². The van der Waals surface area contributed by atoms with Crippen LogP contribution in [0.5, 0.6) is 0 Å². The van der Waals surface area contributed by atoms with Crippen LogP contribution in [0, 0.1) is 0 Å². The maximum Gasteiger partial charge on any atom is 0.351 e. The molecule has 3 aromatic heterocycles. The fraction of sp³-hybridized carbons (Fsp3) is 0.333. The molecule has 0 fully saturated rings. The first-order chi connectivity index (χ1) is 15.1. The Balaban J connectivity index is 0.00000289. The zero-order valence-electron chi connectivity index (χ0n) is 17.3. The van der Waals surface area contributed by atoms with Gasteiger partial charge in [0.15, 0.2) is 17.3 Å². The Morgan fingerprint density at radius 3 is 2.94 bits per heavy atom. The Morgan fingerprint density at radius 1 is 1.29 bits per heavy atom. The van der Waals surface area contributed by atoms with Crippen molar-refractivity contribution in [2.45, 2.75) is 45.6 Å². The van der Waals surface area contributed by atoms with E-state index < -0.39 is 0 Å². The lowest BCUT2D eigenvalue weighted by atomic mass is 10.1. The number of H-pyrrole nitrogens is 1. The molecule has 1 aromatic carbocycles. The number of aliphatic imine (C=N–C) groups is 1.